The molecule has 0 aliphatic carbocycles. The number of hydrogen-bond acceptors (Lipinski definition) is 4. The highest BCUT2D eigenvalue weighted by Gasteiger charge is 2.34. The smallest absolute Gasteiger partial charge is 0.227 e. The SMILES string of the molecule is COc1ccc(N2CC(C(=O)NCCOc3cccc4ccccc34)CC2=O)cc1. The number of methoxy groups -OCH3 is 1. The molecular formula is C24H24N2O4. The van der Waals surface area contributed by atoms with Crippen molar-refractivity contribution in [3.63, 3.8) is 0 Å². The first-order valence-electron chi connectivity index (χ1n) is 9.98. The fraction of sp³-hybridized carbons (Fsp3) is 0.250. The fourth-order valence-corrected chi connectivity index (χ4v) is 3.70. The molecule has 1 fully saturated rings. The molecule has 1 heterocycles. The monoisotopic (exact) mass is 404 g/mol. The molecule has 0 saturated carbocycles. The third-order valence-corrected chi connectivity index (χ3v) is 5.29. The number of nitrogens with one attached hydrogen (secondary N) is 1. The summed E-state index contributed by atoms with van der Waals surface area (Å²) in [5.41, 5.74) is 0.774. The van der Waals surface area contributed by atoms with Crippen molar-refractivity contribution >= 4 is 28.3 Å². The molecule has 154 valence electrons. The zero-order chi connectivity index (χ0) is 20.9. The zero-order valence-corrected chi connectivity index (χ0v) is 16.8. The Morgan fingerprint density at radius 3 is 2.63 bits per heavy atom. The minimum atomic E-state index is -0.364. The van der Waals surface area contributed by atoms with Gasteiger partial charge in [0.05, 0.1) is 19.6 Å². The van der Waals surface area contributed by atoms with Gasteiger partial charge in [0.15, 0.2) is 0 Å². The molecule has 1 aliphatic rings. The summed E-state index contributed by atoms with van der Waals surface area (Å²) in [4.78, 5) is 26.5. The highest BCUT2D eigenvalue weighted by molar-refractivity contribution is 6.00. The average molecular weight is 404 g/mol. The van der Waals surface area contributed by atoms with E-state index in [0.717, 1.165) is 28.0 Å². The summed E-state index contributed by atoms with van der Waals surface area (Å²) in [5, 5.41) is 5.05. The molecule has 0 radical (unpaired) electrons. The van der Waals surface area contributed by atoms with E-state index in [-0.39, 0.29) is 24.2 Å². The predicted molar refractivity (Wildman–Crippen MR) is 116 cm³/mol. The van der Waals surface area contributed by atoms with Gasteiger partial charge >= 0.3 is 0 Å². The second-order valence-electron chi connectivity index (χ2n) is 7.22. The van der Waals surface area contributed by atoms with Gasteiger partial charge in [0.2, 0.25) is 11.8 Å². The van der Waals surface area contributed by atoms with Gasteiger partial charge in [-0.25, -0.2) is 0 Å². The molecule has 2 amide bonds. The number of ether oxygens (including phenoxy) is 2. The lowest BCUT2D eigenvalue weighted by molar-refractivity contribution is -0.126. The first kappa shape index (κ1) is 19.8. The van der Waals surface area contributed by atoms with Crippen LogP contribution in [-0.2, 0) is 9.59 Å². The van der Waals surface area contributed by atoms with E-state index >= 15 is 0 Å². The zero-order valence-electron chi connectivity index (χ0n) is 16.8. The second kappa shape index (κ2) is 8.86. The van der Waals surface area contributed by atoms with Crippen molar-refractivity contribution in [3.05, 3.63) is 66.7 Å². The van der Waals surface area contributed by atoms with Gasteiger partial charge < -0.3 is 19.7 Å². The van der Waals surface area contributed by atoms with Crippen LogP contribution in [0.2, 0.25) is 0 Å². The van der Waals surface area contributed by atoms with Crippen molar-refractivity contribution in [1.82, 2.24) is 5.32 Å². The van der Waals surface area contributed by atoms with Crippen molar-refractivity contribution in [2.45, 2.75) is 6.42 Å². The van der Waals surface area contributed by atoms with Gasteiger partial charge in [0, 0.05) is 24.0 Å². The van der Waals surface area contributed by atoms with E-state index in [0.29, 0.717) is 19.7 Å². The van der Waals surface area contributed by atoms with Crippen molar-refractivity contribution in [3.8, 4) is 11.5 Å². The Balaban J connectivity index is 1.28. The van der Waals surface area contributed by atoms with Crippen LogP contribution in [-0.4, -0.2) is 38.6 Å². The highest BCUT2D eigenvalue weighted by atomic mass is 16.5. The van der Waals surface area contributed by atoms with Gasteiger partial charge in [-0.15, -0.1) is 0 Å². The lowest BCUT2D eigenvalue weighted by Crippen LogP contribution is -2.35. The van der Waals surface area contributed by atoms with Crippen LogP contribution >= 0.6 is 0 Å². The number of benzene rings is 3. The van der Waals surface area contributed by atoms with Gasteiger partial charge in [-0.05, 0) is 35.7 Å². The Kier molecular flexibility index (Phi) is 5.84. The number of carbonyl (C=O) groups is 2. The van der Waals surface area contributed by atoms with Crippen LogP contribution in [0.5, 0.6) is 11.5 Å². The maximum atomic E-state index is 12.5. The minimum absolute atomic E-state index is 0.0488. The molecule has 0 bridgehead atoms. The summed E-state index contributed by atoms with van der Waals surface area (Å²) < 4.78 is 11.0. The maximum absolute atomic E-state index is 12.5. The van der Waals surface area contributed by atoms with E-state index in [9.17, 15) is 9.59 Å². The van der Waals surface area contributed by atoms with Crippen LogP contribution in [0.1, 0.15) is 6.42 Å². The molecule has 6 heteroatoms. The Bertz CT molecular complexity index is 1040. The van der Waals surface area contributed by atoms with E-state index < -0.39 is 0 Å². The molecule has 1 N–H and O–H groups in total. The van der Waals surface area contributed by atoms with Crippen LogP contribution in [0.15, 0.2) is 66.7 Å². The predicted octanol–water partition coefficient (Wildman–Crippen LogP) is 3.40. The van der Waals surface area contributed by atoms with Crippen molar-refractivity contribution < 1.29 is 19.1 Å². The number of nitrogens with zero attached hydrogens (tertiary/aromatic N) is 1. The molecule has 3 aromatic rings. The quantitative estimate of drug-likeness (QED) is 0.613. The van der Waals surface area contributed by atoms with E-state index in [1.807, 2.05) is 54.6 Å². The second-order valence-corrected chi connectivity index (χ2v) is 7.22. The molecule has 30 heavy (non-hydrogen) atoms. The number of hydrogen-bond donors (Lipinski definition) is 1. The molecule has 1 aliphatic heterocycles. The van der Waals surface area contributed by atoms with Gasteiger partial charge in [-0.1, -0.05) is 36.4 Å². The van der Waals surface area contributed by atoms with Crippen LogP contribution in [0.3, 0.4) is 0 Å². The van der Waals surface area contributed by atoms with Crippen LogP contribution in [0, 0.1) is 5.92 Å². The first-order chi connectivity index (χ1) is 14.7. The standard InChI is InChI=1S/C24H24N2O4/c1-29-20-11-9-19(10-12-20)26-16-18(15-23(26)27)24(28)25-13-14-30-22-8-4-6-17-5-2-3-7-21(17)22/h2-12,18H,13-16H2,1H3,(H,25,28). The first-order valence-corrected chi connectivity index (χ1v) is 9.98. The molecule has 1 atom stereocenters. The topological polar surface area (TPSA) is 67.9 Å². The fourth-order valence-electron chi connectivity index (χ4n) is 3.70. The molecule has 0 spiro atoms. The third kappa shape index (κ3) is 4.22. The molecule has 0 aromatic heterocycles. The van der Waals surface area contributed by atoms with Gasteiger partial charge in [0.1, 0.15) is 18.1 Å². The molecule has 4 rings (SSSR count). The number of rotatable bonds is 7. The Morgan fingerprint density at radius 1 is 1.07 bits per heavy atom. The number of carbonyl (C=O) groups excluding carboxylic acids is 2. The van der Waals surface area contributed by atoms with Gasteiger partial charge in [0.25, 0.3) is 0 Å². The number of anilines is 1. The summed E-state index contributed by atoms with van der Waals surface area (Å²) in [5.74, 6) is 0.986. The van der Waals surface area contributed by atoms with E-state index in [1.165, 1.54) is 0 Å². The summed E-state index contributed by atoms with van der Waals surface area (Å²) in [7, 11) is 1.60. The maximum Gasteiger partial charge on any atom is 0.227 e. The Hall–Kier alpha value is -3.54. The van der Waals surface area contributed by atoms with Gasteiger partial charge in [-0.3, -0.25) is 9.59 Å². The summed E-state index contributed by atoms with van der Waals surface area (Å²) in [6.07, 6.45) is 0.210. The number of amides is 2. The Morgan fingerprint density at radius 2 is 1.83 bits per heavy atom. The summed E-state index contributed by atoms with van der Waals surface area (Å²) in [6, 6.07) is 21.2. The largest absolute Gasteiger partial charge is 0.497 e. The molecular weight excluding hydrogens is 380 g/mol. The molecule has 1 unspecified atom stereocenters. The normalized spacial score (nSPS) is 16.0. The molecule has 3 aromatic carbocycles. The highest BCUT2D eigenvalue weighted by Crippen LogP contribution is 2.27. The average Bonchev–Trinajstić information content (AvgIpc) is 3.18. The molecule has 6 nitrogen and oxygen atoms in total. The lowest BCUT2D eigenvalue weighted by atomic mass is 10.1. The summed E-state index contributed by atoms with van der Waals surface area (Å²) >= 11 is 0. The number of fused-ring (bicyclic) bond motifs is 1. The van der Waals surface area contributed by atoms with Crippen LogP contribution in [0.4, 0.5) is 5.69 Å². The minimum Gasteiger partial charge on any atom is -0.497 e. The van der Waals surface area contributed by atoms with Crippen LogP contribution < -0.4 is 19.7 Å². The molecule has 1 saturated heterocycles. The van der Waals surface area contributed by atoms with Crippen LogP contribution in [0.25, 0.3) is 10.8 Å². The van der Waals surface area contributed by atoms with Crippen molar-refractivity contribution in [2.24, 2.45) is 5.92 Å². The van der Waals surface area contributed by atoms with E-state index in [2.05, 4.69) is 5.32 Å². The lowest BCUT2D eigenvalue weighted by Gasteiger charge is -2.17. The van der Waals surface area contributed by atoms with E-state index in [1.54, 1.807) is 24.1 Å². The van der Waals surface area contributed by atoms with E-state index in [4.69, 9.17) is 9.47 Å². The van der Waals surface area contributed by atoms with Crippen molar-refractivity contribution in [2.75, 3.05) is 31.7 Å². The Labute approximate surface area is 175 Å². The van der Waals surface area contributed by atoms with Crippen molar-refractivity contribution in [1.29, 1.82) is 0 Å². The van der Waals surface area contributed by atoms with Gasteiger partial charge in [-0.2, -0.15) is 0 Å². The summed E-state index contributed by atoms with van der Waals surface area (Å²) in [6.45, 7) is 1.12. The third-order valence-electron chi connectivity index (χ3n) is 5.29.